The third-order valence-electron chi connectivity index (χ3n) is 2.41. The molecule has 92 valence electrons. The van der Waals surface area contributed by atoms with Gasteiger partial charge in [0, 0.05) is 16.9 Å². The molecule has 0 fully saturated rings. The van der Waals surface area contributed by atoms with Gasteiger partial charge in [-0.15, -0.1) is 0 Å². The molecule has 0 bridgehead atoms. The number of hydrogen-bond donors (Lipinski definition) is 1. The van der Waals surface area contributed by atoms with Gasteiger partial charge >= 0.3 is 0 Å². The molecule has 1 amide bonds. The normalized spacial score (nSPS) is 10.1. The van der Waals surface area contributed by atoms with Crippen molar-refractivity contribution in [1.29, 1.82) is 0 Å². The third kappa shape index (κ3) is 2.99. The van der Waals surface area contributed by atoms with Gasteiger partial charge in [0.05, 0.1) is 5.69 Å². The molecule has 0 unspecified atom stereocenters. The average molecular weight is 263 g/mol. The lowest BCUT2D eigenvalue weighted by Crippen LogP contribution is -2.19. The molecule has 1 aromatic heterocycles. The van der Waals surface area contributed by atoms with Crippen LogP contribution in [0.1, 0.15) is 10.5 Å². The lowest BCUT2D eigenvalue weighted by Gasteiger charge is -2.07. The lowest BCUT2D eigenvalue weighted by molar-refractivity contribution is -0.116. The van der Waals surface area contributed by atoms with Crippen molar-refractivity contribution in [1.82, 2.24) is 4.57 Å². The number of rotatable bonds is 4. The number of carbonyl (C=O) groups excluding carboxylic acids is 2. The van der Waals surface area contributed by atoms with Crippen molar-refractivity contribution in [3.8, 4) is 0 Å². The Kier molecular flexibility index (Phi) is 3.79. The summed E-state index contributed by atoms with van der Waals surface area (Å²) in [6.07, 6.45) is 2.40. The van der Waals surface area contributed by atoms with Crippen molar-refractivity contribution in [3.05, 3.63) is 53.3 Å². The van der Waals surface area contributed by atoms with Gasteiger partial charge in [0.1, 0.15) is 6.54 Å². The molecule has 4 nitrogen and oxygen atoms in total. The van der Waals surface area contributed by atoms with E-state index in [1.165, 1.54) is 0 Å². The minimum absolute atomic E-state index is 0.0909. The van der Waals surface area contributed by atoms with E-state index in [2.05, 4.69) is 5.32 Å². The zero-order valence-electron chi connectivity index (χ0n) is 9.47. The van der Waals surface area contributed by atoms with Crippen LogP contribution in [0.15, 0.2) is 42.6 Å². The summed E-state index contributed by atoms with van der Waals surface area (Å²) in [5.74, 6) is -0.212. The van der Waals surface area contributed by atoms with Crippen LogP contribution < -0.4 is 5.32 Å². The molecule has 0 aliphatic carbocycles. The van der Waals surface area contributed by atoms with Gasteiger partial charge < -0.3 is 9.88 Å². The van der Waals surface area contributed by atoms with Gasteiger partial charge in [0.25, 0.3) is 0 Å². The second kappa shape index (κ2) is 5.51. The number of nitrogens with one attached hydrogen (secondary N) is 1. The predicted molar refractivity (Wildman–Crippen MR) is 69.9 cm³/mol. The standard InChI is InChI=1S/C13H11ClN2O2/c14-10-3-1-4-11(7-10)15-13(18)8-16-6-2-5-12(16)9-17/h1-7,9H,8H2,(H,15,18). The Morgan fingerprint density at radius 2 is 2.17 bits per heavy atom. The molecule has 0 aliphatic rings. The fourth-order valence-corrected chi connectivity index (χ4v) is 1.79. The zero-order chi connectivity index (χ0) is 13.0. The van der Waals surface area contributed by atoms with Crippen LogP contribution in [-0.2, 0) is 11.3 Å². The lowest BCUT2D eigenvalue weighted by atomic mass is 10.3. The molecule has 1 N–H and O–H groups in total. The van der Waals surface area contributed by atoms with Gasteiger partial charge in [-0.2, -0.15) is 0 Å². The van der Waals surface area contributed by atoms with Gasteiger partial charge in [-0.1, -0.05) is 17.7 Å². The molecule has 0 spiro atoms. The van der Waals surface area contributed by atoms with Gasteiger partial charge in [-0.25, -0.2) is 0 Å². The molecule has 0 radical (unpaired) electrons. The van der Waals surface area contributed by atoms with E-state index in [1.54, 1.807) is 47.2 Å². The van der Waals surface area contributed by atoms with Crippen LogP contribution in [0, 0.1) is 0 Å². The summed E-state index contributed by atoms with van der Waals surface area (Å²) in [4.78, 5) is 22.5. The van der Waals surface area contributed by atoms with Crippen LogP contribution in [0.4, 0.5) is 5.69 Å². The third-order valence-corrected chi connectivity index (χ3v) is 2.64. The molecule has 5 heteroatoms. The van der Waals surface area contributed by atoms with E-state index in [0.29, 0.717) is 22.7 Å². The van der Waals surface area contributed by atoms with Gasteiger partial charge in [0.2, 0.25) is 5.91 Å². The highest BCUT2D eigenvalue weighted by molar-refractivity contribution is 6.30. The Morgan fingerprint density at radius 3 is 2.89 bits per heavy atom. The summed E-state index contributed by atoms with van der Waals surface area (Å²) in [6, 6.07) is 10.3. The number of anilines is 1. The van der Waals surface area contributed by atoms with Gasteiger partial charge in [-0.05, 0) is 30.3 Å². The van der Waals surface area contributed by atoms with Crippen LogP contribution >= 0.6 is 11.6 Å². The quantitative estimate of drug-likeness (QED) is 0.861. The number of carbonyl (C=O) groups is 2. The van der Waals surface area contributed by atoms with E-state index in [4.69, 9.17) is 11.6 Å². The highest BCUT2D eigenvalue weighted by Gasteiger charge is 2.06. The molecule has 0 atom stereocenters. The number of halogens is 1. The van der Waals surface area contributed by atoms with E-state index in [0.717, 1.165) is 0 Å². The Hall–Kier alpha value is -2.07. The average Bonchev–Trinajstić information content (AvgIpc) is 2.76. The van der Waals surface area contributed by atoms with Crippen molar-refractivity contribution in [2.45, 2.75) is 6.54 Å². The summed E-state index contributed by atoms with van der Waals surface area (Å²) >= 11 is 5.82. The van der Waals surface area contributed by atoms with E-state index < -0.39 is 0 Å². The molecule has 2 rings (SSSR count). The number of aldehydes is 1. The second-order valence-electron chi connectivity index (χ2n) is 3.74. The maximum absolute atomic E-state index is 11.8. The topological polar surface area (TPSA) is 51.1 Å². The fraction of sp³-hybridized carbons (Fsp3) is 0.0769. The SMILES string of the molecule is O=Cc1cccn1CC(=O)Nc1cccc(Cl)c1. The summed E-state index contributed by atoms with van der Waals surface area (Å²) in [7, 11) is 0. The number of hydrogen-bond acceptors (Lipinski definition) is 2. The summed E-state index contributed by atoms with van der Waals surface area (Å²) < 4.78 is 1.58. The summed E-state index contributed by atoms with van der Waals surface area (Å²) in [5, 5.41) is 3.27. The van der Waals surface area contributed by atoms with Crippen LogP contribution in [0.25, 0.3) is 0 Å². The maximum Gasteiger partial charge on any atom is 0.244 e. The summed E-state index contributed by atoms with van der Waals surface area (Å²) in [6.45, 7) is 0.0909. The molecular formula is C13H11ClN2O2. The molecule has 2 aromatic rings. The van der Waals surface area contributed by atoms with E-state index in [9.17, 15) is 9.59 Å². The molecular weight excluding hydrogens is 252 g/mol. The summed E-state index contributed by atoms with van der Waals surface area (Å²) in [5.41, 5.74) is 1.10. The van der Waals surface area contributed by atoms with Crippen LogP contribution in [0.2, 0.25) is 5.02 Å². The highest BCUT2D eigenvalue weighted by Crippen LogP contribution is 2.14. The zero-order valence-corrected chi connectivity index (χ0v) is 10.2. The first-order valence-electron chi connectivity index (χ1n) is 5.35. The Labute approximate surface area is 109 Å². The Bertz CT molecular complexity index is 578. The molecule has 0 aliphatic heterocycles. The molecule has 1 aromatic carbocycles. The van der Waals surface area contributed by atoms with Crippen molar-refractivity contribution in [3.63, 3.8) is 0 Å². The van der Waals surface area contributed by atoms with Crippen molar-refractivity contribution >= 4 is 29.5 Å². The van der Waals surface area contributed by atoms with E-state index >= 15 is 0 Å². The van der Waals surface area contributed by atoms with Crippen molar-refractivity contribution < 1.29 is 9.59 Å². The Balaban J connectivity index is 2.03. The maximum atomic E-state index is 11.8. The van der Waals surface area contributed by atoms with Crippen LogP contribution in [0.3, 0.4) is 0 Å². The minimum atomic E-state index is -0.212. The first-order valence-corrected chi connectivity index (χ1v) is 5.72. The number of amides is 1. The van der Waals surface area contributed by atoms with Crippen molar-refractivity contribution in [2.24, 2.45) is 0 Å². The molecule has 1 heterocycles. The number of nitrogens with zero attached hydrogens (tertiary/aromatic N) is 1. The largest absolute Gasteiger partial charge is 0.336 e. The first-order chi connectivity index (χ1) is 8.69. The highest BCUT2D eigenvalue weighted by atomic mass is 35.5. The monoisotopic (exact) mass is 262 g/mol. The van der Waals surface area contributed by atoms with Crippen LogP contribution in [0.5, 0.6) is 0 Å². The van der Waals surface area contributed by atoms with E-state index in [1.807, 2.05) is 0 Å². The van der Waals surface area contributed by atoms with E-state index in [-0.39, 0.29) is 12.5 Å². The fourth-order valence-electron chi connectivity index (χ4n) is 1.60. The van der Waals surface area contributed by atoms with Crippen molar-refractivity contribution in [2.75, 3.05) is 5.32 Å². The minimum Gasteiger partial charge on any atom is -0.336 e. The molecule has 0 saturated heterocycles. The number of aromatic nitrogens is 1. The predicted octanol–water partition coefficient (Wildman–Crippen LogP) is 2.59. The second-order valence-corrected chi connectivity index (χ2v) is 4.17. The van der Waals surface area contributed by atoms with Crippen LogP contribution in [-0.4, -0.2) is 16.8 Å². The molecule has 0 saturated carbocycles. The number of benzene rings is 1. The first kappa shape index (κ1) is 12.4. The van der Waals surface area contributed by atoms with Gasteiger partial charge in [0.15, 0.2) is 6.29 Å². The smallest absolute Gasteiger partial charge is 0.244 e. The van der Waals surface area contributed by atoms with Gasteiger partial charge in [-0.3, -0.25) is 9.59 Å². The Morgan fingerprint density at radius 1 is 1.33 bits per heavy atom. The molecule has 18 heavy (non-hydrogen) atoms.